The van der Waals surface area contributed by atoms with Crippen molar-refractivity contribution in [2.45, 2.75) is 36.3 Å². The molecule has 1 N–H and O–H groups in total. The molecule has 5 heteroatoms. The van der Waals surface area contributed by atoms with Gasteiger partial charge in [0, 0.05) is 20.6 Å². The van der Waals surface area contributed by atoms with Crippen LogP contribution in [0.5, 0.6) is 0 Å². The van der Waals surface area contributed by atoms with Crippen molar-refractivity contribution in [3.8, 4) is 0 Å². The van der Waals surface area contributed by atoms with Gasteiger partial charge in [-0.15, -0.1) is 11.8 Å². The maximum Gasteiger partial charge on any atom is 0.133 e. The molecule has 1 aliphatic carbocycles. The minimum Gasteiger partial charge on any atom is -0.346 e. The summed E-state index contributed by atoms with van der Waals surface area (Å²) in [7, 11) is 0. The fourth-order valence-corrected chi connectivity index (χ4v) is 3.79. The first-order valence-corrected chi connectivity index (χ1v) is 8.90. The maximum atomic E-state index is 5.43. The molecular weight excluding hydrogens is 352 g/mol. The first kappa shape index (κ1) is 14.3. The van der Waals surface area contributed by atoms with Crippen molar-refractivity contribution in [2.75, 3.05) is 0 Å². The van der Waals surface area contributed by atoms with Crippen LogP contribution in [0.2, 0.25) is 0 Å². The summed E-state index contributed by atoms with van der Waals surface area (Å²) in [5.41, 5.74) is 2.58. The van der Waals surface area contributed by atoms with Crippen molar-refractivity contribution < 1.29 is 0 Å². The van der Waals surface area contributed by atoms with Crippen molar-refractivity contribution in [1.82, 2.24) is 9.97 Å². The van der Waals surface area contributed by atoms with Crippen LogP contribution in [0.4, 0.5) is 0 Å². The monoisotopic (exact) mass is 366 g/mol. The zero-order valence-electron chi connectivity index (χ0n) is 11.0. The number of aryl methyl sites for hydroxylation is 1. The Morgan fingerprint density at radius 2 is 1.95 bits per heavy atom. The molecule has 2 nitrogen and oxygen atoms in total. The third-order valence-corrected chi connectivity index (χ3v) is 5.34. The van der Waals surface area contributed by atoms with E-state index in [1.54, 1.807) is 11.8 Å². The summed E-state index contributed by atoms with van der Waals surface area (Å²) in [5.74, 6) is 1.82. The summed E-state index contributed by atoms with van der Waals surface area (Å²) in [4.78, 5) is 9.27. The highest BCUT2D eigenvalue weighted by molar-refractivity contribution is 9.10. The molecule has 1 aromatic heterocycles. The highest BCUT2D eigenvalue weighted by atomic mass is 79.9. The van der Waals surface area contributed by atoms with E-state index in [-0.39, 0.29) is 0 Å². The van der Waals surface area contributed by atoms with Gasteiger partial charge < -0.3 is 4.98 Å². The molecule has 0 spiro atoms. The van der Waals surface area contributed by atoms with Gasteiger partial charge in [0.05, 0.1) is 5.75 Å². The summed E-state index contributed by atoms with van der Waals surface area (Å²) in [6, 6.07) is 8.35. The lowest BCUT2D eigenvalue weighted by molar-refractivity contribution is 0.655. The summed E-state index contributed by atoms with van der Waals surface area (Å²) >= 11 is 10.7. The minimum atomic E-state index is 0.796. The molecule has 0 bridgehead atoms. The number of rotatable bonds is 3. The minimum absolute atomic E-state index is 0.796. The molecule has 0 aliphatic heterocycles. The lowest BCUT2D eigenvalue weighted by atomic mass is 9.97. The summed E-state index contributed by atoms with van der Waals surface area (Å²) in [6.07, 6.45) is 4.68. The molecule has 1 aliphatic rings. The molecule has 2 aromatic rings. The third-order valence-electron chi connectivity index (χ3n) is 3.45. The van der Waals surface area contributed by atoms with Crippen molar-refractivity contribution in [1.29, 1.82) is 0 Å². The molecule has 20 heavy (non-hydrogen) atoms. The van der Waals surface area contributed by atoms with Gasteiger partial charge in [0.2, 0.25) is 0 Å². The smallest absolute Gasteiger partial charge is 0.133 e. The van der Waals surface area contributed by atoms with Gasteiger partial charge in [0.15, 0.2) is 0 Å². The molecule has 0 saturated heterocycles. The van der Waals surface area contributed by atoms with Crippen LogP contribution >= 0.6 is 39.9 Å². The Morgan fingerprint density at radius 3 is 2.75 bits per heavy atom. The lowest BCUT2D eigenvalue weighted by Gasteiger charge is -2.16. The highest BCUT2D eigenvalue weighted by Crippen LogP contribution is 2.25. The van der Waals surface area contributed by atoms with Gasteiger partial charge in [-0.2, -0.15) is 0 Å². The van der Waals surface area contributed by atoms with E-state index in [4.69, 9.17) is 12.2 Å². The van der Waals surface area contributed by atoms with Crippen LogP contribution in [0.25, 0.3) is 0 Å². The number of aromatic amines is 1. The van der Waals surface area contributed by atoms with Gasteiger partial charge in [0.25, 0.3) is 0 Å². The zero-order valence-corrected chi connectivity index (χ0v) is 14.2. The summed E-state index contributed by atoms with van der Waals surface area (Å²) in [5, 5.41) is 0. The van der Waals surface area contributed by atoms with Gasteiger partial charge in [-0.1, -0.05) is 28.1 Å². The summed E-state index contributed by atoms with van der Waals surface area (Å²) < 4.78 is 1.90. The zero-order chi connectivity index (χ0) is 13.9. The normalized spacial score (nSPS) is 14.1. The maximum absolute atomic E-state index is 5.43. The number of nitrogens with one attached hydrogen (secondary N) is 1. The molecular formula is C15H15BrN2S2. The third kappa shape index (κ3) is 3.32. The first-order chi connectivity index (χ1) is 9.72. The largest absolute Gasteiger partial charge is 0.346 e. The number of halogens is 1. The average Bonchev–Trinajstić information content (AvgIpc) is 2.47. The van der Waals surface area contributed by atoms with Gasteiger partial charge in [-0.05, 0) is 49.9 Å². The number of aromatic nitrogens is 2. The quantitative estimate of drug-likeness (QED) is 0.606. The summed E-state index contributed by atoms with van der Waals surface area (Å²) in [6.45, 7) is 0. The number of hydrogen-bond donors (Lipinski definition) is 1. The lowest BCUT2D eigenvalue weighted by Crippen LogP contribution is -2.09. The van der Waals surface area contributed by atoms with E-state index >= 15 is 0 Å². The van der Waals surface area contributed by atoms with Crippen molar-refractivity contribution >= 4 is 39.9 Å². The average molecular weight is 367 g/mol. The van der Waals surface area contributed by atoms with Gasteiger partial charge in [-0.25, -0.2) is 4.98 Å². The Hall–Kier alpha value is -0.650. The van der Waals surface area contributed by atoms with Crippen molar-refractivity contribution in [3.63, 3.8) is 0 Å². The molecule has 0 atom stereocenters. The molecule has 0 fully saturated rings. The Morgan fingerprint density at radius 1 is 1.20 bits per heavy atom. The number of fused-ring (bicyclic) bond motifs is 1. The second-order valence-electron chi connectivity index (χ2n) is 4.90. The molecule has 3 rings (SSSR count). The fraction of sp³-hybridized carbons (Fsp3) is 0.333. The van der Waals surface area contributed by atoms with Gasteiger partial charge in [-0.3, -0.25) is 0 Å². The van der Waals surface area contributed by atoms with E-state index < -0.39 is 0 Å². The van der Waals surface area contributed by atoms with Crippen molar-refractivity contribution in [2.24, 2.45) is 0 Å². The molecule has 0 unspecified atom stereocenters. The predicted octanol–water partition coefficient (Wildman–Crippen LogP) is 5.07. The first-order valence-electron chi connectivity index (χ1n) is 6.72. The second kappa shape index (κ2) is 6.41. The molecule has 0 amide bonds. The van der Waals surface area contributed by atoms with E-state index in [0.29, 0.717) is 0 Å². The Kier molecular flexibility index (Phi) is 4.58. The van der Waals surface area contributed by atoms with Crippen molar-refractivity contribution in [3.05, 3.63) is 50.5 Å². The number of hydrogen-bond acceptors (Lipinski definition) is 3. The Balaban J connectivity index is 1.76. The Bertz CT molecular complexity index is 665. The second-order valence-corrected chi connectivity index (χ2v) is 7.25. The number of thioether (sulfide) groups is 1. The van der Waals surface area contributed by atoms with Gasteiger partial charge in [0.1, 0.15) is 10.5 Å². The highest BCUT2D eigenvalue weighted by Gasteiger charge is 2.13. The molecule has 0 radical (unpaired) electrons. The van der Waals surface area contributed by atoms with Crippen LogP contribution in [0.15, 0.2) is 33.6 Å². The van der Waals surface area contributed by atoms with Crippen LogP contribution in [0.3, 0.4) is 0 Å². The predicted molar refractivity (Wildman–Crippen MR) is 89.8 cm³/mol. The van der Waals surface area contributed by atoms with Crippen LogP contribution in [-0.2, 0) is 18.6 Å². The topological polar surface area (TPSA) is 28.7 Å². The number of H-pyrrole nitrogens is 1. The van der Waals surface area contributed by atoms with E-state index in [1.165, 1.54) is 29.0 Å². The molecule has 1 heterocycles. The van der Waals surface area contributed by atoms with E-state index in [9.17, 15) is 0 Å². The molecule has 0 saturated carbocycles. The van der Waals surface area contributed by atoms with Crippen LogP contribution in [0, 0.1) is 4.64 Å². The van der Waals surface area contributed by atoms with Crippen LogP contribution < -0.4 is 0 Å². The van der Waals surface area contributed by atoms with E-state index in [2.05, 4.69) is 50.2 Å². The van der Waals surface area contributed by atoms with E-state index in [0.717, 1.165) is 33.5 Å². The Labute approximate surface area is 136 Å². The van der Waals surface area contributed by atoms with E-state index in [1.807, 2.05) is 0 Å². The van der Waals surface area contributed by atoms with Crippen LogP contribution in [0.1, 0.15) is 29.9 Å². The fourth-order valence-electron chi connectivity index (χ4n) is 2.42. The SMILES string of the molecule is S=c1nc(CSc2ccc(Br)cc2)[nH]c2c1CCCC2. The number of benzene rings is 1. The number of nitrogens with zero attached hydrogens (tertiary/aromatic N) is 1. The molecule has 1 aromatic carbocycles. The van der Waals surface area contributed by atoms with Gasteiger partial charge >= 0.3 is 0 Å². The standard InChI is InChI=1S/C15H15BrN2S2/c16-10-5-7-11(8-6-10)20-9-14-17-13-4-2-1-3-12(13)15(19)18-14/h5-8H,1-4,9H2,(H,17,18,19). The molecule has 104 valence electrons. The van der Waals surface area contributed by atoms with Crippen LogP contribution in [-0.4, -0.2) is 9.97 Å².